The number of methoxy groups -OCH3 is 1. The zero-order chi connectivity index (χ0) is 24.0. The van der Waals surface area contributed by atoms with Crippen molar-refractivity contribution in [1.82, 2.24) is 4.90 Å². The van der Waals surface area contributed by atoms with Crippen LogP contribution in [0.25, 0.3) is 11.0 Å². The van der Waals surface area contributed by atoms with Crippen LogP contribution in [-0.2, 0) is 11.3 Å². The Morgan fingerprint density at radius 1 is 1.06 bits per heavy atom. The number of esters is 1. The molecule has 0 spiro atoms. The molecule has 0 saturated heterocycles. The first-order chi connectivity index (χ1) is 16.4. The number of benzene rings is 3. The highest BCUT2D eigenvalue weighted by Crippen LogP contribution is 2.39. The van der Waals surface area contributed by atoms with Crippen molar-refractivity contribution in [1.29, 1.82) is 0 Å². The molecule has 5 rings (SSSR count). The normalized spacial score (nSPS) is 15.0. The van der Waals surface area contributed by atoms with Gasteiger partial charge in [-0.05, 0) is 48.4 Å². The third-order valence-corrected chi connectivity index (χ3v) is 6.44. The highest BCUT2D eigenvalue weighted by atomic mass is 35.5. The zero-order valence-electron chi connectivity index (χ0n) is 18.5. The molecule has 1 atom stereocenters. The Bertz CT molecular complexity index is 1510. The molecule has 34 heavy (non-hydrogen) atoms. The maximum atomic E-state index is 13.6. The predicted octanol–water partition coefficient (Wildman–Crippen LogP) is 5.29. The first kappa shape index (κ1) is 21.9. The number of halogens is 1. The number of ether oxygens (including phenoxy) is 1. The number of carbonyl (C=O) groups excluding carboxylic acids is 2. The van der Waals surface area contributed by atoms with Crippen LogP contribution in [-0.4, -0.2) is 23.9 Å². The van der Waals surface area contributed by atoms with E-state index in [1.165, 1.54) is 7.11 Å². The van der Waals surface area contributed by atoms with Gasteiger partial charge in [-0.2, -0.15) is 0 Å². The van der Waals surface area contributed by atoms with Crippen molar-refractivity contribution in [3.63, 3.8) is 0 Å². The summed E-state index contributed by atoms with van der Waals surface area (Å²) in [6.07, 6.45) is 0. The summed E-state index contributed by atoms with van der Waals surface area (Å²) in [5.41, 5.74) is 3.09. The number of hydrogen-bond donors (Lipinski definition) is 0. The summed E-state index contributed by atoms with van der Waals surface area (Å²) in [4.78, 5) is 40.7. The molecule has 0 bridgehead atoms. The molecule has 3 aromatic carbocycles. The number of fused-ring (bicyclic) bond motifs is 2. The van der Waals surface area contributed by atoms with E-state index in [2.05, 4.69) is 0 Å². The summed E-state index contributed by atoms with van der Waals surface area (Å²) in [5.74, 6) is -0.838. The molecule has 0 N–H and O–H groups in total. The molecule has 4 aromatic rings. The topological polar surface area (TPSA) is 76.8 Å². The Labute approximate surface area is 200 Å². The van der Waals surface area contributed by atoms with Crippen molar-refractivity contribution >= 4 is 34.4 Å². The van der Waals surface area contributed by atoms with Gasteiger partial charge in [0.05, 0.1) is 29.7 Å². The van der Waals surface area contributed by atoms with Crippen LogP contribution in [0.3, 0.4) is 0 Å². The van der Waals surface area contributed by atoms with Crippen LogP contribution in [0.15, 0.2) is 75.9 Å². The maximum Gasteiger partial charge on any atom is 0.337 e. The lowest BCUT2D eigenvalue weighted by atomic mass is 9.97. The Morgan fingerprint density at radius 2 is 1.79 bits per heavy atom. The molecule has 1 amide bonds. The Balaban J connectivity index is 1.70. The first-order valence-electron chi connectivity index (χ1n) is 10.7. The second-order valence-electron chi connectivity index (χ2n) is 8.21. The molecule has 1 aromatic heterocycles. The van der Waals surface area contributed by atoms with Crippen molar-refractivity contribution in [3.8, 4) is 0 Å². The second kappa shape index (κ2) is 8.47. The Hall–Kier alpha value is -3.90. The van der Waals surface area contributed by atoms with E-state index >= 15 is 0 Å². The second-order valence-corrected chi connectivity index (χ2v) is 8.62. The molecular weight excluding hydrogens is 454 g/mol. The minimum absolute atomic E-state index is 0.0236. The zero-order valence-corrected chi connectivity index (χ0v) is 19.3. The summed E-state index contributed by atoms with van der Waals surface area (Å²) in [6, 6.07) is 18.5. The monoisotopic (exact) mass is 473 g/mol. The Morgan fingerprint density at radius 3 is 2.50 bits per heavy atom. The molecule has 0 radical (unpaired) electrons. The lowest BCUT2D eigenvalue weighted by molar-refractivity contribution is 0.0599. The van der Waals surface area contributed by atoms with Crippen LogP contribution in [0.1, 0.15) is 49.2 Å². The van der Waals surface area contributed by atoms with Crippen LogP contribution in [0.5, 0.6) is 0 Å². The smallest absolute Gasteiger partial charge is 0.337 e. The molecule has 2 heterocycles. The predicted molar refractivity (Wildman–Crippen MR) is 128 cm³/mol. The summed E-state index contributed by atoms with van der Waals surface area (Å²) in [7, 11) is 1.31. The van der Waals surface area contributed by atoms with Gasteiger partial charge in [0.1, 0.15) is 5.58 Å². The number of amides is 1. The van der Waals surface area contributed by atoms with E-state index in [9.17, 15) is 14.4 Å². The Kier molecular flexibility index (Phi) is 5.46. The number of rotatable bonds is 4. The molecule has 1 aliphatic heterocycles. The first-order valence-corrected chi connectivity index (χ1v) is 11.1. The van der Waals surface area contributed by atoms with Gasteiger partial charge < -0.3 is 14.1 Å². The molecular formula is C27H20ClNO5. The SMILES string of the molecule is COC(=O)c1ccc([C@H]2c3c(oc4ccc(C)cc4c3=O)C(=O)N2Cc2ccccc2Cl)cc1. The van der Waals surface area contributed by atoms with Crippen molar-refractivity contribution in [2.24, 2.45) is 0 Å². The molecule has 1 aliphatic rings. The van der Waals surface area contributed by atoms with Gasteiger partial charge in [0.25, 0.3) is 5.91 Å². The standard InChI is InChI=1S/C27H20ClNO5/c1-15-7-12-21-19(13-15)24(30)22-23(16-8-10-17(11-9-16)27(32)33-2)29(26(31)25(22)34-21)14-18-5-3-4-6-20(18)28/h3-13,23H,14H2,1-2H3/t23-/m0/s1. The van der Waals surface area contributed by atoms with E-state index < -0.39 is 17.9 Å². The molecule has 6 nitrogen and oxygen atoms in total. The average Bonchev–Trinajstić information content (AvgIpc) is 3.12. The number of hydrogen-bond acceptors (Lipinski definition) is 5. The van der Waals surface area contributed by atoms with Crippen molar-refractivity contribution in [2.75, 3.05) is 7.11 Å². The van der Waals surface area contributed by atoms with Crippen LogP contribution in [0.2, 0.25) is 5.02 Å². The van der Waals surface area contributed by atoms with Gasteiger partial charge >= 0.3 is 5.97 Å². The summed E-state index contributed by atoms with van der Waals surface area (Å²) < 4.78 is 10.8. The van der Waals surface area contributed by atoms with E-state index in [0.717, 1.165) is 11.1 Å². The fraction of sp³-hybridized carbons (Fsp3) is 0.148. The maximum absolute atomic E-state index is 13.6. The van der Waals surface area contributed by atoms with Crippen LogP contribution in [0, 0.1) is 6.92 Å². The van der Waals surface area contributed by atoms with Gasteiger partial charge in [0.2, 0.25) is 5.76 Å². The fourth-order valence-electron chi connectivity index (χ4n) is 4.37. The molecule has 0 unspecified atom stereocenters. The third kappa shape index (κ3) is 3.56. The number of carbonyl (C=O) groups is 2. The van der Waals surface area contributed by atoms with E-state index in [-0.39, 0.29) is 23.3 Å². The molecule has 0 saturated carbocycles. The van der Waals surface area contributed by atoms with Gasteiger partial charge in [-0.15, -0.1) is 0 Å². The van der Waals surface area contributed by atoms with Gasteiger partial charge in [-0.25, -0.2) is 4.79 Å². The fourth-order valence-corrected chi connectivity index (χ4v) is 4.57. The highest BCUT2D eigenvalue weighted by Gasteiger charge is 2.43. The van der Waals surface area contributed by atoms with Crippen LogP contribution in [0.4, 0.5) is 0 Å². The van der Waals surface area contributed by atoms with Crippen LogP contribution >= 0.6 is 11.6 Å². The molecule has 0 fully saturated rings. The molecule has 7 heteroatoms. The van der Waals surface area contributed by atoms with E-state index in [4.69, 9.17) is 20.8 Å². The van der Waals surface area contributed by atoms with Gasteiger partial charge in [-0.3, -0.25) is 9.59 Å². The van der Waals surface area contributed by atoms with Crippen LogP contribution < -0.4 is 5.43 Å². The minimum atomic E-state index is -0.702. The largest absolute Gasteiger partial charge is 0.465 e. The van der Waals surface area contributed by atoms with Gasteiger partial charge in [0.15, 0.2) is 5.43 Å². The van der Waals surface area contributed by atoms with Crippen molar-refractivity contribution in [3.05, 3.63) is 116 Å². The minimum Gasteiger partial charge on any atom is -0.465 e. The van der Waals surface area contributed by atoms with E-state index in [1.807, 2.05) is 31.2 Å². The summed E-state index contributed by atoms with van der Waals surface area (Å²) in [6.45, 7) is 2.07. The summed E-state index contributed by atoms with van der Waals surface area (Å²) in [5, 5.41) is 0.938. The number of aryl methyl sites for hydroxylation is 1. The average molecular weight is 474 g/mol. The van der Waals surface area contributed by atoms with E-state index in [1.54, 1.807) is 47.4 Å². The molecule has 0 aliphatic carbocycles. The summed E-state index contributed by atoms with van der Waals surface area (Å²) >= 11 is 6.39. The lowest BCUT2D eigenvalue weighted by Crippen LogP contribution is -2.29. The number of nitrogens with zero attached hydrogens (tertiary/aromatic N) is 1. The highest BCUT2D eigenvalue weighted by molar-refractivity contribution is 6.31. The third-order valence-electron chi connectivity index (χ3n) is 6.07. The van der Waals surface area contributed by atoms with Gasteiger partial charge in [0, 0.05) is 11.6 Å². The van der Waals surface area contributed by atoms with Crippen molar-refractivity contribution in [2.45, 2.75) is 19.5 Å². The van der Waals surface area contributed by atoms with Gasteiger partial charge in [-0.1, -0.05) is 53.6 Å². The van der Waals surface area contributed by atoms with E-state index in [0.29, 0.717) is 27.1 Å². The molecule has 170 valence electrons. The van der Waals surface area contributed by atoms with Crippen molar-refractivity contribution < 1.29 is 18.7 Å². The lowest BCUT2D eigenvalue weighted by Gasteiger charge is -2.25. The quantitative estimate of drug-likeness (QED) is 0.376.